The molecule has 1 amide bonds. The van der Waals surface area contributed by atoms with Crippen molar-refractivity contribution in [2.75, 3.05) is 13.1 Å². The van der Waals surface area contributed by atoms with Gasteiger partial charge < -0.3 is 10.0 Å². The van der Waals surface area contributed by atoms with Crippen molar-refractivity contribution in [2.45, 2.75) is 24.6 Å². The van der Waals surface area contributed by atoms with Gasteiger partial charge in [0.15, 0.2) is 11.4 Å². The van der Waals surface area contributed by atoms with Gasteiger partial charge in [-0.1, -0.05) is 60.7 Å². The molecule has 3 aromatic rings. The molecule has 0 saturated carbocycles. The van der Waals surface area contributed by atoms with Gasteiger partial charge in [-0.05, 0) is 11.1 Å². The van der Waals surface area contributed by atoms with Gasteiger partial charge in [0.05, 0.1) is 18.7 Å². The van der Waals surface area contributed by atoms with Gasteiger partial charge in [0.2, 0.25) is 5.43 Å². The van der Waals surface area contributed by atoms with Gasteiger partial charge in [-0.2, -0.15) is 18.3 Å². The third-order valence-electron chi connectivity index (χ3n) is 5.56. The van der Waals surface area contributed by atoms with Crippen molar-refractivity contribution in [1.29, 1.82) is 0 Å². The molecule has 0 saturated heterocycles. The van der Waals surface area contributed by atoms with E-state index in [2.05, 4.69) is 5.10 Å². The molecular formula is C23H20F3N3O3. The maximum atomic E-state index is 12.9. The van der Waals surface area contributed by atoms with Crippen molar-refractivity contribution in [3.63, 3.8) is 0 Å². The van der Waals surface area contributed by atoms with E-state index in [-0.39, 0.29) is 6.54 Å². The quantitative estimate of drug-likeness (QED) is 0.652. The van der Waals surface area contributed by atoms with Crippen LogP contribution in [-0.4, -0.2) is 45.0 Å². The van der Waals surface area contributed by atoms with E-state index in [1.54, 1.807) is 0 Å². The molecule has 166 valence electrons. The van der Waals surface area contributed by atoms with Crippen molar-refractivity contribution >= 4 is 5.91 Å². The minimum absolute atomic E-state index is 0.0638. The molecule has 0 aliphatic carbocycles. The fraction of sp³-hybridized carbons (Fsp3) is 0.261. The SMILES string of the molecule is O=C1c2c(O)c(=O)cnn2C(C(c2ccccc2)c2ccccc2)CN1CCC(F)(F)F. The number of nitrogens with zero attached hydrogens (tertiary/aromatic N) is 3. The van der Waals surface area contributed by atoms with Gasteiger partial charge in [0.1, 0.15) is 0 Å². The molecule has 1 atom stereocenters. The lowest BCUT2D eigenvalue weighted by atomic mass is 9.83. The Balaban J connectivity index is 1.87. The summed E-state index contributed by atoms with van der Waals surface area (Å²) in [4.78, 5) is 26.0. The minimum atomic E-state index is -4.46. The molecule has 9 heteroatoms. The van der Waals surface area contributed by atoms with Crippen LogP contribution in [0.25, 0.3) is 0 Å². The molecule has 0 spiro atoms. The van der Waals surface area contributed by atoms with Crippen LogP contribution in [0.3, 0.4) is 0 Å². The molecule has 1 aliphatic rings. The molecule has 4 rings (SSSR count). The van der Waals surface area contributed by atoms with E-state index in [1.165, 1.54) is 4.68 Å². The Bertz CT molecular complexity index is 1120. The molecule has 2 aromatic carbocycles. The molecule has 32 heavy (non-hydrogen) atoms. The van der Waals surface area contributed by atoms with Crippen LogP contribution in [0.2, 0.25) is 0 Å². The number of benzene rings is 2. The number of carbonyl (C=O) groups excluding carboxylic acids is 1. The van der Waals surface area contributed by atoms with Crippen LogP contribution in [0.4, 0.5) is 13.2 Å². The summed E-state index contributed by atoms with van der Waals surface area (Å²) >= 11 is 0. The van der Waals surface area contributed by atoms with Gasteiger partial charge in [-0.3, -0.25) is 14.3 Å². The van der Waals surface area contributed by atoms with Crippen molar-refractivity contribution in [3.8, 4) is 5.75 Å². The summed E-state index contributed by atoms with van der Waals surface area (Å²) in [6, 6.07) is 18.0. The average molecular weight is 443 g/mol. The van der Waals surface area contributed by atoms with Gasteiger partial charge in [-0.25, -0.2) is 0 Å². The standard InChI is InChI=1S/C23H20F3N3O3/c24-23(25,26)11-12-28-14-17(29-20(22(28)32)21(31)18(30)13-27-29)19(15-7-3-1-4-8-15)16-9-5-2-6-10-16/h1-10,13,17,19,31H,11-12,14H2. The summed E-state index contributed by atoms with van der Waals surface area (Å²) in [6.45, 7) is -0.649. The monoisotopic (exact) mass is 443 g/mol. The number of aromatic nitrogens is 2. The zero-order chi connectivity index (χ0) is 22.9. The Morgan fingerprint density at radius 1 is 1.00 bits per heavy atom. The van der Waals surface area contributed by atoms with E-state index in [9.17, 15) is 27.9 Å². The first-order valence-corrected chi connectivity index (χ1v) is 10.0. The fourth-order valence-electron chi connectivity index (χ4n) is 4.10. The van der Waals surface area contributed by atoms with Crippen LogP contribution in [-0.2, 0) is 0 Å². The number of alkyl halides is 3. The zero-order valence-corrected chi connectivity index (χ0v) is 16.9. The molecule has 0 bridgehead atoms. The normalized spacial score (nSPS) is 16.3. The lowest BCUT2D eigenvalue weighted by Gasteiger charge is -2.39. The molecule has 0 radical (unpaired) electrons. The van der Waals surface area contributed by atoms with Crippen LogP contribution >= 0.6 is 0 Å². The first-order valence-electron chi connectivity index (χ1n) is 10.0. The zero-order valence-electron chi connectivity index (χ0n) is 16.9. The minimum Gasteiger partial charge on any atom is -0.502 e. The van der Waals surface area contributed by atoms with E-state index in [0.717, 1.165) is 22.2 Å². The number of fused-ring (bicyclic) bond motifs is 1. The number of hydrogen-bond acceptors (Lipinski definition) is 4. The van der Waals surface area contributed by atoms with Gasteiger partial charge in [-0.15, -0.1) is 0 Å². The van der Waals surface area contributed by atoms with Gasteiger partial charge in [0, 0.05) is 19.0 Å². The Labute approximate surface area is 181 Å². The lowest BCUT2D eigenvalue weighted by molar-refractivity contribution is -0.137. The Morgan fingerprint density at radius 2 is 1.56 bits per heavy atom. The summed E-state index contributed by atoms with van der Waals surface area (Å²) in [5, 5.41) is 14.5. The predicted octanol–water partition coefficient (Wildman–Crippen LogP) is 3.73. The van der Waals surface area contributed by atoms with E-state index in [4.69, 9.17) is 0 Å². The summed E-state index contributed by atoms with van der Waals surface area (Å²) in [5.41, 5.74) is 0.462. The molecule has 1 aromatic heterocycles. The highest BCUT2D eigenvalue weighted by atomic mass is 19.4. The Kier molecular flexibility index (Phi) is 5.73. The number of rotatable bonds is 5. The highest BCUT2D eigenvalue weighted by molar-refractivity contribution is 5.95. The van der Waals surface area contributed by atoms with Crippen molar-refractivity contribution in [3.05, 3.63) is 93.9 Å². The molecule has 1 aliphatic heterocycles. The average Bonchev–Trinajstić information content (AvgIpc) is 2.77. The predicted molar refractivity (Wildman–Crippen MR) is 111 cm³/mol. The smallest absolute Gasteiger partial charge is 0.390 e. The van der Waals surface area contributed by atoms with Crippen LogP contribution in [0.15, 0.2) is 71.7 Å². The van der Waals surface area contributed by atoms with Gasteiger partial charge in [0.25, 0.3) is 5.91 Å². The highest BCUT2D eigenvalue weighted by Gasteiger charge is 2.40. The van der Waals surface area contributed by atoms with Crippen molar-refractivity contribution in [1.82, 2.24) is 14.7 Å². The van der Waals surface area contributed by atoms with Crippen molar-refractivity contribution < 1.29 is 23.1 Å². The number of aromatic hydroxyl groups is 1. The van der Waals surface area contributed by atoms with Crippen molar-refractivity contribution in [2.24, 2.45) is 0 Å². The molecule has 2 heterocycles. The molecule has 1 unspecified atom stereocenters. The number of carbonyl (C=O) groups is 1. The molecular weight excluding hydrogens is 423 g/mol. The topological polar surface area (TPSA) is 75.4 Å². The molecule has 0 fully saturated rings. The van der Waals surface area contributed by atoms with Gasteiger partial charge >= 0.3 is 6.18 Å². The second-order valence-corrected chi connectivity index (χ2v) is 7.63. The molecule has 6 nitrogen and oxygen atoms in total. The fourth-order valence-corrected chi connectivity index (χ4v) is 4.10. The first kappa shape index (κ1) is 21.6. The van der Waals surface area contributed by atoms with E-state index < -0.39 is 53.9 Å². The highest BCUT2D eigenvalue weighted by Crippen LogP contribution is 2.39. The van der Waals surface area contributed by atoms with Crippen LogP contribution in [0.1, 0.15) is 40.0 Å². The van der Waals surface area contributed by atoms with Crippen LogP contribution in [0.5, 0.6) is 5.75 Å². The second-order valence-electron chi connectivity index (χ2n) is 7.63. The number of halogens is 3. The Hall–Kier alpha value is -3.62. The summed E-state index contributed by atoms with van der Waals surface area (Å²) in [6.07, 6.45) is -4.74. The number of hydrogen-bond donors (Lipinski definition) is 1. The lowest BCUT2D eigenvalue weighted by Crippen LogP contribution is -2.48. The third kappa shape index (κ3) is 4.23. The summed E-state index contributed by atoms with van der Waals surface area (Å²) in [5.74, 6) is -2.06. The van der Waals surface area contributed by atoms with Crippen LogP contribution in [0, 0.1) is 0 Å². The Morgan fingerprint density at radius 3 is 2.09 bits per heavy atom. The number of amides is 1. The largest absolute Gasteiger partial charge is 0.502 e. The summed E-state index contributed by atoms with van der Waals surface area (Å²) < 4.78 is 40.0. The van der Waals surface area contributed by atoms with Crippen LogP contribution < -0.4 is 5.43 Å². The second kappa shape index (κ2) is 8.49. The maximum absolute atomic E-state index is 12.9. The first-order chi connectivity index (χ1) is 15.3. The van der Waals surface area contributed by atoms with E-state index in [1.807, 2.05) is 60.7 Å². The molecule has 1 N–H and O–H groups in total. The van der Waals surface area contributed by atoms with E-state index >= 15 is 0 Å². The summed E-state index contributed by atoms with van der Waals surface area (Å²) in [7, 11) is 0. The van der Waals surface area contributed by atoms with E-state index in [0.29, 0.717) is 0 Å². The third-order valence-corrected chi connectivity index (χ3v) is 5.56. The maximum Gasteiger partial charge on any atom is 0.390 e.